The van der Waals surface area contributed by atoms with Gasteiger partial charge < -0.3 is 18.3 Å². The highest BCUT2D eigenvalue weighted by Crippen LogP contribution is 2.43. The molecule has 0 spiro atoms. The molecule has 0 atom stereocenters. The minimum absolute atomic E-state index is 0.594. The lowest BCUT2D eigenvalue weighted by atomic mass is 10.0. The van der Waals surface area contributed by atoms with Gasteiger partial charge in [-0.15, -0.1) is 0 Å². The lowest BCUT2D eigenvalue weighted by Crippen LogP contribution is -2.05. The summed E-state index contributed by atoms with van der Waals surface area (Å²) in [6.07, 6.45) is 0. The Balaban J connectivity index is 0.864. The SMILES string of the molecule is c1ccc(-c2nc(-c3ccccc3)nc(-c3ccc(-n4c5ccccc5c5ccccc54)c(-n4c5ccccc5c5cc(-n6c7ccccc7c7cc(-c8ccc9c(c8)c8ccccc8n9-c8ccccc8)ccc76)ccc54)c3)n2)cc1. The highest BCUT2D eigenvalue weighted by Gasteiger charge is 2.23. The number of rotatable bonds is 8. The van der Waals surface area contributed by atoms with Crippen molar-refractivity contribution in [3.63, 3.8) is 0 Å². The van der Waals surface area contributed by atoms with Crippen LogP contribution in [0.3, 0.4) is 0 Å². The van der Waals surface area contributed by atoms with E-state index in [4.69, 9.17) is 15.0 Å². The first-order chi connectivity index (χ1) is 40.7. The molecule has 382 valence electrons. The van der Waals surface area contributed by atoms with Gasteiger partial charge in [-0.3, -0.25) is 0 Å². The van der Waals surface area contributed by atoms with E-state index in [0.29, 0.717) is 17.5 Å². The monoisotopic (exact) mass is 1050 g/mol. The first kappa shape index (κ1) is 45.8. The van der Waals surface area contributed by atoms with Crippen LogP contribution in [0.15, 0.2) is 285 Å². The zero-order valence-corrected chi connectivity index (χ0v) is 44.3. The van der Waals surface area contributed by atoms with Gasteiger partial charge in [-0.2, -0.15) is 0 Å². The topological polar surface area (TPSA) is 58.4 Å². The van der Waals surface area contributed by atoms with Gasteiger partial charge in [-0.1, -0.05) is 182 Å². The fourth-order valence-electron chi connectivity index (χ4n) is 12.9. The van der Waals surface area contributed by atoms with E-state index < -0.39 is 0 Å². The maximum atomic E-state index is 5.24. The van der Waals surface area contributed by atoms with Gasteiger partial charge in [-0.25, -0.2) is 15.0 Å². The third-order valence-electron chi connectivity index (χ3n) is 16.6. The van der Waals surface area contributed by atoms with Crippen LogP contribution in [0.4, 0.5) is 0 Å². The fraction of sp³-hybridized carbons (Fsp3) is 0. The lowest BCUT2D eigenvalue weighted by molar-refractivity contribution is 1.06. The second-order valence-corrected chi connectivity index (χ2v) is 21.2. The third kappa shape index (κ3) is 7.06. The van der Waals surface area contributed by atoms with Crippen molar-refractivity contribution in [2.75, 3.05) is 0 Å². The molecular formula is C75H47N7. The van der Waals surface area contributed by atoms with E-state index in [0.717, 1.165) is 83.3 Å². The molecule has 0 radical (unpaired) electrons. The number of nitrogens with zero attached hydrogens (tertiary/aromatic N) is 7. The molecule has 7 nitrogen and oxygen atoms in total. The highest BCUT2D eigenvalue weighted by molar-refractivity contribution is 6.15. The molecule has 0 amide bonds. The molecule has 0 bridgehead atoms. The molecule has 0 aliphatic carbocycles. The van der Waals surface area contributed by atoms with E-state index in [1.807, 2.05) is 36.4 Å². The molecule has 7 heteroatoms. The largest absolute Gasteiger partial charge is 0.309 e. The number of aromatic nitrogens is 7. The summed E-state index contributed by atoms with van der Waals surface area (Å²) in [5.41, 5.74) is 18.5. The summed E-state index contributed by atoms with van der Waals surface area (Å²) in [6.45, 7) is 0. The molecule has 0 aliphatic heterocycles. The van der Waals surface area contributed by atoms with Crippen LogP contribution in [0.2, 0.25) is 0 Å². The Labute approximate surface area is 471 Å². The molecule has 17 rings (SSSR count). The molecular weight excluding hydrogens is 999 g/mol. The molecule has 0 N–H and O–H groups in total. The third-order valence-corrected chi connectivity index (χ3v) is 16.6. The first-order valence-corrected chi connectivity index (χ1v) is 27.8. The number of hydrogen-bond donors (Lipinski definition) is 0. The van der Waals surface area contributed by atoms with Gasteiger partial charge in [0.05, 0.1) is 55.5 Å². The van der Waals surface area contributed by atoms with Crippen LogP contribution in [0.5, 0.6) is 0 Å². The molecule has 12 aromatic carbocycles. The maximum absolute atomic E-state index is 5.24. The predicted molar refractivity (Wildman–Crippen MR) is 339 cm³/mol. The Kier molecular flexibility index (Phi) is 10.2. The van der Waals surface area contributed by atoms with E-state index >= 15 is 0 Å². The second-order valence-electron chi connectivity index (χ2n) is 21.2. The van der Waals surface area contributed by atoms with Crippen LogP contribution in [0.25, 0.3) is 155 Å². The molecule has 0 unspecified atom stereocenters. The van der Waals surface area contributed by atoms with Gasteiger partial charge in [-0.05, 0) is 114 Å². The van der Waals surface area contributed by atoms with E-state index in [-0.39, 0.29) is 0 Å². The van der Waals surface area contributed by atoms with Crippen molar-refractivity contribution in [1.82, 2.24) is 33.2 Å². The van der Waals surface area contributed by atoms with Crippen LogP contribution in [-0.4, -0.2) is 33.2 Å². The normalized spacial score (nSPS) is 11.9. The van der Waals surface area contributed by atoms with Crippen molar-refractivity contribution >= 4 is 87.2 Å². The van der Waals surface area contributed by atoms with Gasteiger partial charge in [0, 0.05) is 71.2 Å². The minimum Gasteiger partial charge on any atom is -0.309 e. The average Bonchev–Trinajstić information content (AvgIpc) is 3.59. The Hall–Kier alpha value is -11.2. The summed E-state index contributed by atoms with van der Waals surface area (Å²) >= 11 is 0. The smallest absolute Gasteiger partial charge is 0.164 e. The number of para-hydroxylation sites is 6. The summed E-state index contributed by atoms with van der Waals surface area (Å²) in [7, 11) is 0. The quantitative estimate of drug-likeness (QED) is 0.152. The van der Waals surface area contributed by atoms with E-state index in [9.17, 15) is 0 Å². The summed E-state index contributed by atoms with van der Waals surface area (Å²) in [6, 6.07) is 103. The zero-order chi connectivity index (χ0) is 53.8. The number of benzene rings is 12. The van der Waals surface area contributed by atoms with Crippen molar-refractivity contribution in [1.29, 1.82) is 0 Å². The van der Waals surface area contributed by atoms with Crippen molar-refractivity contribution in [2.24, 2.45) is 0 Å². The lowest BCUT2D eigenvalue weighted by Gasteiger charge is -2.18. The Morgan fingerprint density at radius 3 is 1.00 bits per heavy atom. The zero-order valence-electron chi connectivity index (χ0n) is 44.3. The van der Waals surface area contributed by atoms with Crippen LogP contribution in [-0.2, 0) is 0 Å². The van der Waals surface area contributed by atoms with Gasteiger partial charge in [0.25, 0.3) is 0 Å². The first-order valence-electron chi connectivity index (χ1n) is 27.8. The molecule has 0 fully saturated rings. The number of fused-ring (bicyclic) bond motifs is 12. The Morgan fingerprint density at radius 2 is 0.512 bits per heavy atom. The summed E-state index contributed by atoms with van der Waals surface area (Å²) < 4.78 is 9.68. The molecule has 0 saturated heterocycles. The average molecular weight is 1050 g/mol. The highest BCUT2D eigenvalue weighted by atomic mass is 15.1. The fourth-order valence-corrected chi connectivity index (χ4v) is 12.9. The summed E-state index contributed by atoms with van der Waals surface area (Å²) in [5, 5.41) is 9.59. The van der Waals surface area contributed by atoms with Crippen LogP contribution >= 0.6 is 0 Å². The molecule has 5 aromatic heterocycles. The van der Waals surface area contributed by atoms with Crippen LogP contribution < -0.4 is 0 Å². The van der Waals surface area contributed by atoms with E-state index in [2.05, 4.69) is 267 Å². The standard InChI is InChI=1S/C75H47N7/c1-4-20-48(21-5-1)73-76-74(49-22-6-2-7-23-49)78-75(77-73)52-38-42-71(81-65-33-17-10-26-55(65)56-27-11-18-34-66(56)81)72(46-52)82-67-35-19-14-30-59(67)62-47-54(39-43-70(62)82)80-64-32-16-13-29-58(64)61-45-51(37-41-69(61)80)50-36-40-68-60(44-50)57-28-12-15-31-63(57)79(68)53-24-8-3-9-25-53/h1-47H. The second kappa shape index (κ2) is 18.2. The Bertz CT molecular complexity index is 5280. The van der Waals surface area contributed by atoms with Gasteiger partial charge in [0.15, 0.2) is 17.5 Å². The molecule has 0 aliphatic rings. The van der Waals surface area contributed by atoms with Crippen LogP contribution in [0, 0.1) is 0 Å². The predicted octanol–water partition coefficient (Wildman–Crippen LogP) is 18.9. The summed E-state index contributed by atoms with van der Waals surface area (Å²) in [4.78, 5) is 15.5. The van der Waals surface area contributed by atoms with Crippen molar-refractivity contribution in [3.05, 3.63) is 285 Å². The van der Waals surface area contributed by atoms with Crippen molar-refractivity contribution in [3.8, 4) is 68.0 Å². The van der Waals surface area contributed by atoms with Gasteiger partial charge in [0.2, 0.25) is 0 Å². The van der Waals surface area contributed by atoms with Crippen molar-refractivity contribution < 1.29 is 0 Å². The molecule has 5 heterocycles. The van der Waals surface area contributed by atoms with Gasteiger partial charge >= 0.3 is 0 Å². The molecule has 0 saturated carbocycles. The number of hydrogen-bond acceptors (Lipinski definition) is 3. The van der Waals surface area contributed by atoms with E-state index in [1.54, 1.807) is 0 Å². The minimum atomic E-state index is 0.594. The van der Waals surface area contributed by atoms with Crippen LogP contribution in [0.1, 0.15) is 0 Å². The van der Waals surface area contributed by atoms with Crippen molar-refractivity contribution in [2.45, 2.75) is 0 Å². The molecule has 82 heavy (non-hydrogen) atoms. The maximum Gasteiger partial charge on any atom is 0.164 e. The van der Waals surface area contributed by atoms with E-state index in [1.165, 1.54) is 54.5 Å². The van der Waals surface area contributed by atoms with Gasteiger partial charge in [0.1, 0.15) is 0 Å². The molecule has 17 aromatic rings. The summed E-state index contributed by atoms with van der Waals surface area (Å²) in [5.74, 6) is 1.83. The Morgan fingerprint density at radius 1 is 0.183 bits per heavy atom.